The molecule has 0 bridgehead atoms. The average Bonchev–Trinajstić information content (AvgIpc) is 3.26. The van der Waals surface area contributed by atoms with Crippen LogP contribution in [0.4, 0.5) is 0 Å². The fourth-order valence-electron chi connectivity index (χ4n) is 2.57. The highest BCUT2D eigenvalue weighted by molar-refractivity contribution is 5.83. The van der Waals surface area contributed by atoms with Crippen LogP contribution in [0.15, 0.2) is 24.3 Å². The third-order valence-corrected chi connectivity index (χ3v) is 3.98. The van der Waals surface area contributed by atoms with Crippen LogP contribution in [0.1, 0.15) is 24.8 Å². The van der Waals surface area contributed by atoms with Crippen LogP contribution in [-0.4, -0.2) is 42.6 Å². The quantitative estimate of drug-likeness (QED) is 0.870. The molecule has 1 aliphatic rings. The molecule has 0 heterocycles. The number of carboxylic acids is 1. The van der Waals surface area contributed by atoms with Crippen LogP contribution in [-0.2, 0) is 9.59 Å². The van der Waals surface area contributed by atoms with Crippen molar-refractivity contribution >= 4 is 11.9 Å². The highest BCUT2D eigenvalue weighted by atomic mass is 16.5. The Bertz CT molecular complexity index is 543. The van der Waals surface area contributed by atoms with Gasteiger partial charge in [0.1, 0.15) is 5.75 Å². The Kier molecular flexibility index (Phi) is 4.50. The van der Waals surface area contributed by atoms with Crippen LogP contribution in [0, 0.1) is 11.8 Å². The van der Waals surface area contributed by atoms with Crippen LogP contribution in [0.5, 0.6) is 5.75 Å². The predicted molar refractivity (Wildman–Crippen MR) is 78.3 cm³/mol. The number of nitrogens with zero attached hydrogens (tertiary/aromatic N) is 1. The SMILES string of the molecule is COc1cccc(C2CC2C(=O)N(C)CC(C)C(=O)O)c1. The van der Waals surface area contributed by atoms with Crippen molar-refractivity contribution in [1.82, 2.24) is 4.90 Å². The summed E-state index contributed by atoms with van der Waals surface area (Å²) < 4.78 is 5.19. The lowest BCUT2D eigenvalue weighted by atomic mass is 10.1. The zero-order valence-corrected chi connectivity index (χ0v) is 12.6. The van der Waals surface area contributed by atoms with Gasteiger partial charge in [0.05, 0.1) is 13.0 Å². The van der Waals surface area contributed by atoms with Gasteiger partial charge < -0.3 is 14.7 Å². The summed E-state index contributed by atoms with van der Waals surface area (Å²) in [6.45, 7) is 1.86. The number of amides is 1. The fourth-order valence-corrected chi connectivity index (χ4v) is 2.57. The molecule has 1 aliphatic carbocycles. The molecular weight excluding hydrogens is 270 g/mol. The number of carbonyl (C=O) groups is 2. The van der Waals surface area contributed by atoms with E-state index in [1.807, 2.05) is 24.3 Å². The highest BCUT2D eigenvalue weighted by Crippen LogP contribution is 2.48. The molecule has 1 aromatic rings. The van der Waals surface area contributed by atoms with Gasteiger partial charge in [-0.25, -0.2) is 0 Å². The molecular formula is C16H21NO4. The van der Waals surface area contributed by atoms with E-state index in [0.29, 0.717) is 0 Å². The van der Waals surface area contributed by atoms with Crippen molar-refractivity contribution < 1.29 is 19.4 Å². The Morgan fingerprint density at radius 1 is 1.48 bits per heavy atom. The molecule has 1 amide bonds. The number of aliphatic carboxylic acids is 1. The van der Waals surface area contributed by atoms with Crippen LogP contribution < -0.4 is 4.74 Å². The predicted octanol–water partition coefficient (Wildman–Crippen LogP) is 1.98. The van der Waals surface area contributed by atoms with E-state index < -0.39 is 11.9 Å². The molecule has 3 atom stereocenters. The van der Waals surface area contributed by atoms with Gasteiger partial charge in [0, 0.05) is 19.5 Å². The Morgan fingerprint density at radius 3 is 2.81 bits per heavy atom. The first-order valence-electron chi connectivity index (χ1n) is 7.05. The van der Waals surface area contributed by atoms with Crippen molar-refractivity contribution in [1.29, 1.82) is 0 Å². The molecule has 1 fully saturated rings. The zero-order chi connectivity index (χ0) is 15.6. The molecule has 5 nitrogen and oxygen atoms in total. The second-order valence-corrected chi connectivity index (χ2v) is 5.68. The van der Waals surface area contributed by atoms with Gasteiger partial charge >= 0.3 is 5.97 Å². The summed E-state index contributed by atoms with van der Waals surface area (Å²) in [5.74, 6) is -0.435. The maximum absolute atomic E-state index is 12.3. The van der Waals surface area contributed by atoms with Gasteiger partial charge in [0.15, 0.2) is 0 Å². The van der Waals surface area contributed by atoms with Gasteiger partial charge in [-0.05, 0) is 30.0 Å². The van der Waals surface area contributed by atoms with Gasteiger partial charge in [-0.3, -0.25) is 9.59 Å². The lowest BCUT2D eigenvalue weighted by Crippen LogP contribution is -2.34. The Balaban J connectivity index is 1.95. The van der Waals surface area contributed by atoms with Crippen molar-refractivity contribution in [2.75, 3.05) is 20.7 Å². The highest BCUT2D eigenvalue weighted by Gasteiger charge is 2.45. The Labute approximate surface area is 124 Å². The third kappa shape index (κ3) is 3.54. The fraction of sp³-hybridized carbons (Fsp3) is 0.500. The minimum Gasteiger partial charge on any atom is -0.497 e. The van der Waals surface area contributed by atoms with Crippen molar-refractivity contribution in [3.8, 4) is 5.75 Å². The van der Waals surface area contributed by atoms with E-state index in [2.05, 4.69) is 0 Å². The molecule has 2 rings (SSSR count). The lowest BCUT2D eigenvalue weighted by Gasteiger charge is -2.19. The van der Waals surface area contributed by atoms with Crippen LogP contribution in [0.25, 0.3) is 0 Å². The second kappa shape index (κ2) is 6.16. The summed E-state index contributed by atoms with van der Waals surface area (Å²) in [6, 6.07) is 7.76. The molecule has 21 heavy (non-hydrogen) atoms. The molecule has 114 valence electrons. The first-order chi connectivity index (χ1) is 9.93. The molecule has 0 saturated heterocycles. The summed E-state index contributed by atoms with van der Waals surface area (Å²) in [5.41, 5.74) is 1.10. The number of carbonyl (C=O) groups excluding carboxylic acids is 1. The standard InChI is InChI=1S/C16H21NO4/c1-10(16(19)20)9-17(2)15(18)14-8-13(14)11-5-4-6-12(7-11)21-3/h4-7,10,13-14H,8-9H2,1-3H3,(H,19,20). The topological polar surface area (TPSA) is 66.8 Å². The van der Waals surface area contributed by atoms with E-state index in [0.717, 1.165) is 17.7 Å². The van der Waals surface area contributed by atoms with E-state index in [1.54, 1.807) is 21.1 Å². The summed E-state index contributed by atoms with van der Waals surface area (Å²) in [7, 11) is 3.29. The second-order valence-electron chi connectivity index (χ2n) is 5.68. The molecule has 5 heteroatoms. The summed E-state index contributed by atoms with van der Waals surface area (Å²) >= 11 is 0. The number of benzene rings is 1. The number of rotatable bonds is 6. The molecule has 0 radical (unpaired) electrons. The number of methoxy groups -OCH3 is 1. The van der Waals surface area contributed by atoms with Crippen LogP contribution in [0.2, 0.25) is 0 Å². The van der Waals surface area contributed by atoms with Gasteiger partial charge in [0.2, 0.25) is 5.91 Å². The number of hydrogen-bond acceptors (Lipinski definition) is 3. The van der Waals surface area contributed by atoms with E-state index in [4.69, 9.17) is 9.84 Å². The maximum Gasteiger partial charge on any atom is 0.308 e. The molecule has 0 spiro atoms. The molecule has 3 unspecified atom stereocenters. The van der Waals surface area contributed by atoms with Crippen LogP contribution in [0.3, 0.4) is 0 Å². The number of hydrogen-bond donors (Lipinski definition) is 1. The van der Waals surface area contributed by atoms with Crippen molar-refractivity contribution in [2.45, 2.75) is 19.3 Å². The molecule has 1 saturated carbocycles. The Hall–Kier alpha value is -2.04. The largest absolute Gasteiger partial charge is 0.497 e. The van der Waals surface area contributed by atoms with Crippen molar-refractivity contribution in [2.24, 2.45) is 11.8 Å². The van der Waals surface area contributed by atoms with Crippen LogP contribution >= 0.6 is 0 Å². The third-order valence-electron chi connectivity index (χ3n) is 3.98. The summed E-state index contributed by atoms with van der Waals surface area (Å²) in [5, 5.41) is 8.90. The maximum atomic E-state index is 12.3. The molecule has 1 N–H and O–H groups in total. The van der Waals surface area contributed by atoms with Gasteiger partial charge in [-0.2, -0.15) is 0 Å². The van der Waals surface area contributed by atoms with Gasteiger partial charge in [-0.15, -0.1) is 0 Å². The molecule has 0 aliphatic heterocycles. The van der Waals surface area contributed by atoms with Crippen molar-refractivity contribution in [3.63, 3.8) is 0 Å². The lowest BCUT2D eigenvalue weighted by molar-refractivity contribution is -0.142. The van der Waals surface area contributed by atoms with Gasteiger partial charge in [-0.1, -0.05) is 19.1 Å². The van der Waals surface area contributed by atoms with Crippen molar-refractivity contribution in [3.05, 3.63) is 29.8 Å². The summed E-state index contributed by atoms with van der Waals surface area (Å²) in [6.07, 6.45) is 0.817. The summed E-state index contributed by atoms with van der Waals surface area (Å²) in [4.78, 5) is 24.7. The van der Waals surface area contributed by atoms with E-state index >= 15 is 0 Å². The molecule has 0 aromatic heterocycles. The number of carboxylic acid groups (broad SMARTS) is 1. The Morgan fingerprint density at radius 2 is 2.19 bits per heavy atom. The first kappa shape index (κ1) is 15.4. The normalized spacial score (nSPS) is 21.5. The minimum atomic E-state index is -0.880. The number of ether oxygens (including phenoxy) is 1. The smallest absolute Gasteiger partial charge is 0.308 e. The average molecular weight is 291 g/mol. The molecule has 1 aromatic carbocycles. The van der Waals surface area contributed by atoms with E-state index in [1.165, 1.54) is 4.90 Å². The monoisotopic (exact) mass is 291 g/mol. The first-order valence-corrected chi connectivity index (χ1v) is 7.05. The van der Waals surface area contributed by atoms with E-state index in [-0.39, 0.29) is 24.3 Å². The van der Waals surface area contributed by atoms with Gasteiger partial charge in [0.25, 0.3) is 0 Å². The minimum absolute atomic E-state index is 0.0240. The zero-order valence-electron chi connectivity index (χ0n) is 12.6. The van der Waals surface area contributed by atoms with E-state index in [9.17, 15) is 9.59 Å².